The summed E-state index contributed by atoms with van der Waals surface area (Å²) in [7, 11) is 0. The van der Waals surface area contributed by atoms with Crippen molar-refractivity contribution in [1.29, 1.82) is 0 Å². The molecule has 2 heterocycles. The van der Waals surface area contributed by atoms with Crippen LogP contribution >= 0.6 is 0 Å². The van der Waals surface area contributed by atoms with E-state index in [-0.39, 0.29) is 0 Å². The van der Waals surface area contributed by atoms with Crippen molar-refractivity contribution < 1.29 is 0 Å². The average molecular weight is 318 g/mol. The van der Waals surface area contributed by atoms with E-state index in [1.54, 1.807) is 0 Å². The van der Waals surface area contributed by atoms with Crippen molar-refractivity contribution >= 4 is 10.9 Å². The Balaban J connectivity index is 1.87. The molecule has 24 heavy (non-hydrogen) atoms. The zero-order valence-corrected chi connectivity index (χ0v) is 14.8. The minimum absolute atomic E-state index is 0.816. The lowest BCUT2D eigenvalue weighted by Gasteiger charge is -2.23. The van der Waals surface area contributed by atoms with Crippen molar-refractivity contribution in [3.63, 3.8) is 0 Å². The average Bonchev–Trinajstić information content (AvgIpc) is 2.88. The molecule has 0 unspecified atom stereocenters. The highest BCUT2D eigenvalue weighted by Crippen LogP contribution is 2.34. The van der Waals surface area contributed by atoms with Crippen molar-refractivity contribution in [2.75, 3.05) is 0 Å². The molecular weight excluding hydrogens is 292 g/mol. The van der Waals surface area contributed by atoms with Gasteiger partial charge in [0, 0.05) is 29.4 Å². The van der Waals surface area contributed by atoms with E-state index in [1.165, 1.54) is 59.8 Å². The normalized spacial score (nSPS) is 15.9. The Morgan fingerprint density at radius 3 is 2.50 bits per heavy atom. The van der Waals surface area contributed by atoms with Gasteiger partial charge in [-0.25, -0.2) is 0 Å². The van der Waals surface area contributed by atoms with E-state index in [2.05, 4.69) is 54.8 Å². The summed E-state index contributed by atoms with van der Waals surface area (Å²) >= 11 is 0. The van der Waals surface area contributed by atoms with E-state index in [4.69, 9.17) is 4.98 Å². The molecule has 1 aliphatic carbocycles. The highest BCUT2D eigenvalue weighted by atomic mass is 15.0. The number of benzene rings is 1. The van der Waals surface area contributed by atoms with Crippen LogP contribution in [0, 0.1) is 19.8 Å². The van der Waals surface area contributed by atoms with Crippen LogP contribution in [0.1, 0.15) is 43.4 Å². The fourth-order valence-electron chi connectivity index (χ4n) is 4.26. The maximum Gasteiger partial charge on any atom is 0.0944 e. The predicted molar refractivity (Wildman–Crippen MR) is 101 cm³/mol. The number of nitrogens with zero attached hydrogens (tertiary/aromatic N) is 2. The maximum atomic E-state index is 4.76. The SMILES string of the molecule is Cc1c(C)n(CC2CCCCC2)c2c(-c3ccccc3)nccc12. The van der Waals surface area contributed by atoms with Crippen LogP contribution < -0.4 is 0 Å². The maximum absolute atomic E-state index is 4.76. The molecule has 0 amide bonds. The summed E-state index contributed by atoms with van der Waals surface area (Å²) in [6, 6.07) is 12.8. The summed E-state index contributed by atoms with van der Waals surface area (Å²) in [5.74, 6) is 0.816. The lowest BCUT2D eigenvalue weighted by molar-refractivity contribution is 0.321. The monoisotopic (exact) mass is 318 g/mol. The second-order valence-corrected chi connectivity index (χ2v) is 7.25. The summed E-state index contributed by atoms with van der Waals surface area (Å²) in [5, 5.41) is 1.36. The predicted octanol–water partition coefficient (Wildman–Crippen LogP) is 5.90. The molecule has 0 saturated heterocycles. The van der Waals surface area contributed by atoms with Gasteiger partial charge < -0.3 is 4.57 Å². The Bertz CT molecular complexity index is 839. The van der Waals surface area contributed by atoms with Crippen LogP contribution in [0.2, 0.25) is 0 Å². The molecule has 0 radical (unpaired) electrons. The fraction of sp³-hybridized carbons (Fsp3) is 0.409. The van der Waals surface area contributed by atoms with Gasteiger partial charge in [0.1, 0.15) is 0 Å². The molecule has 3 aromatic rings. The summed E-state index contributed by atoms with van der Waals surface area (Å²) in [4.78, 5) is 4.76. The molecular formula is C22H26N2. The number of aryl methyl sites for hydroxylation is 1. The molecule has 2 nitrogen and oxygen atoms in total. The number of pyridine rings is 1. The Morgan fingerprint density at radius 1 is 1.00 bits per heavy atom. The Labute approximate surface area is 144 Å². The quantitative estimate of drug-likeness (QED) is 0.588. The van der Waals surface area contributed by atoms with Gasteiger partial charge in [0.05, 0.1) is 11.2 Å². The number of fused-ring (bicyclic) bond motifs is 1. The Kier molecular flexibility index (Phi) is 4.13. The van der Waals surface area contributed by atoms with E-state index < -0.39 is 0 Å². The molecule has 2 heteroatoms. The summed E-state index contributed by atoms with van der Waals surface area (Å²) < 4.78 is 2.55. The van der Waals surface area contributed by atoms with Crippen LogP contribution in [-0.2, 0) is 6.54 Å². The van der Waals surface area contributed by atoms with Gasteiger partial charge in [-0.15, -0.1) is 0 Å². The van der Waals surface area contributed by atoms with Crippen LogP contribution in [0.15, 0.2) is 42.6 Å². The van der Waals surface area contributed by atoms with Gasteiger partial charge in [-0.3, -0.25) is 4.98 Å². The molecule has 0 atom stereocenters. The van der Waals surface area contributed by atoms with Crippen molar-refractivity contribution in [3.8, 4) is 11.3 Å². The lowest BCUT2D eigenvalue weighted by Crippen LogP contribution is -2.15. The van der Waals surface area contributed by atoms with E-state index in [9.17, 15) is 0 Å². The number of hydrogen-bond donors (Lipinski definition) is 0. The third-order valence-corrected chi connectivity index (χ3v) is 5.76. The highest BCUT2D eigenvalue weighted by molar-refractivity contribution is 5.95. The zero-order valence-electron chi connectivity index (χ0n) is 14.8. The highest BCUT2D eigenvalue weighted by Gasteiger charge is 2.20. The van der Waals surface area contributed by atoms with Gasteiger partial charge in [0.25, 0.3) is 0 Å². The molecule has 124 valence electrons. The van der Waals surface area contributed by atoms with E-state index in [0.717, 1.165) is 18.2 Å². The van der Waals surface area contributed by atoms with Crippen LogP contribution in [0.25, 0.3) is 22.2 Å². The number of hydrogen-bond acceptors (Lipinski definition) is 1. The number of rotatable bonds is 3. The minimum atomic E-state index is 0.816. The standard InChI is InChI=1S/C22H26N2/c1-16-17(2)24(15-18-9-5-3-6-10-18)22-20(16)13-14-23-21(22)19-11-7-4-8-12-19/h4,7-8,11-14,18H,3,5-6,9-10,15H2,1-2H3. The van der Waals surface area contributed by atoms with Crippen LogP contribution in [-0.4, -0.2) is 9.55 Å². The molecule has 0 spiro atoms. The first-order valence-electron chi connectivity index (χ1n) is 9.25. The van der Waals surface area contributed by atoms with Crippen LogP contribution in [0.5, 0.6) is 0 Å². The third kappa shape index (κ3) is 2.64. The second kappa shape index (κ2) is 6.43. The van der Waals surface area contributed by atoms with Crippen LogP contribution in [0.3, 0.4) is 0 Å². The fourth-order valence-corrected chi connectivity index (χ4v) is 4.26. The van der Waals surface area contributed by atoms with E-state index in [1.807, 2.05) is 6.20 Å². The molecule has 0 N–H and O–H groups in total. The summed E-state index contributed by atoms with van der Waals surface area (Å²) in [6.07, 6.45) is 8.91. The lowest BCUT2D eigenvalue weighted by atomic mass is 9.89. The minimum Gasteiger partial charge on any atom is -0.343 e. The third-order valence-electron chi connectivity index (χ3n) is 5.76. The molecule has 2 aromatic heterocycles. The Morgan fingerprint density at radius 2 is 1.75 bits per heavy atom. The first-order valence-corrected chi connectivity index (χ1v) is 9.25. The van der Waals surface area contributed by atoms with Gasteiger partial charge in [-0.2, -0.15) is 0 Å². The molecule has 1 aliphatic rings. The van der Waals surface area contributed by atoms with Gasteiger partial charge in [-0.05, 0) is 44.2 Å². The van der Waals surface area contributed by atoms with Gasteiger partial charge in [0.2, 0.25) is 0 Å². The van der Waals surface area contributed by atoms with Crippen molar-refractivity contribution in [2.24, 2.45) is 5.92 Å². The molecule has 1 saturated carbocycles. The number of aromatic nitrogens is 2. The summed E-state index contributed by atoms with van der Waals surface area (Å²) in [6.45, 7) is 5.67. The van der Waals surface area contributed by atoms with E-state index >= 15 is 0 Å². The summed E-state index contributed by atoms with van der Waals surface area (Å²) in [5.41, 5.74) is 6.47. The molecule has 0 bridgehead atoms. The van der Waals surface area contributed by atoms with Crippen LogP contribution in [0.4, 0.5) is 0 Å². The largest absolute Gasteiger partial charge is 0.343 e. The molecule has 1 aromatic carbocycles. The second-order valence-electron chi connectivity index (χ2n) is 7.25. The molecule has 4 rings (SSSR count). The molecule has 0 aliphatic heterocycles. The van der Waals surface area contributed by atoms with Crippen molar-refractivity contribution in [3.05, 3.63) is 53.9 Å². The zero-order chi connectivity index (χ0) is 16.5. The van der Waals surface area contributed by atoms with Crippen molar-refractivity contribution in [1.82, 2.24) is 9.55 Å². The van der Waals surface area contributed by atoms with Gasteiger partial charge >= 0.3 is 0 Å². The Hall–Kier alpha value is -2.09. The van der Waals surface area contributed by atoms with Gasteiger partial charge in [-0.1, -0.05) is 49.6 Å². The van der Waals surface area contributed by atoms with Crippen molar-refractivity contribution in [2.45, 2.75) is 52.5 Å². The van der Waals surface area contributed by atoms with Gasteiger partial charge in [0.15, 0.2) is 0 Å². The molecule has 1 fully saturated rings. The smallest absolute Gasteiger partial charge is 0.0944 e. The first-order chi connectivity index (χ1) is 11.8. The topological polar surface area (TPSA) is 17.8 Å². The first kappa shape index (κ1) is 15.4. The van der Waals surface area contributed by atoms with E-state index in [0.29, 0.717) is 0 Å².